The monoisotopic (exact) mass is 351 g/mol. The van der Waals surface area contributed by atoms with Gasteiger partial charge in [-0.3, -0.25) is 0 Å². The lowest BCUT2D eigenvalue weighted by Crippen LogP contribution is -2.22. The SMILES string of the molecule is COCOc1ccc2c(c1)CCC(CCCSc1nccs1)O2. The number of thiazole rings is 1. The maximum absolute atomic E-state index is 6.12. The van der Waals surface area contributed by atoms with Crippen LogP contribution in [0.15, 0.2) is 34.1 Å². The molecule has 6 heteroatoms. The van der Waals surface area contributed by atoms with Gasteiger partial charge in [-0.15, -0.1) is 11.3 Å². The lowest BCUT2D eigenvalue weighted by atomic mass is 9.99. The number of aryl methyl sites for hydroxylation is 1. The lowest BCUT2D eigenvalue weighted by Gasteiger charge is -2.26. The molecule has 124 valence electrons. The average molecular weight is 351 g/mol. The Hall–Kier alpha value is -1.24. The van der Waals surface area contributed by atoms with E-state index in [1.165, 1.54) is 5.56 Å². The standard InChI is InChI=1S/C17H21NO3S2/c1-19-12-20-15-6-7-16-13(11-15)4-5-14(21-16)3-2-9-22-17-18-8-10-23-17/h6-8,10-11,14H,2-5,9,12H2,1H3. The van der Waals surface area contributed by atoms with Gasteiger partial charge in [0, 0.05) is 24.4 Å². The second-order valence-electron chi connectivity index (χ2n) is 5.39. The van der Waals surface area contributed by atoms with Crippen molar-refractivity contribution in [2.75, 3.05) is 19.7 Å². The van der Waals surface area contributed by atoms with Crippen LogP contribution in [0.25, 0.3) is 0 Å². The van der Waals surface area contributed by atoms with Gasteiger partial charge in [0.25, 0.3) is 0 Å². The average Bonchev–Trinajstić information content (AvgIpc) is 3.10. The van der Waals surface area contributed by atoms with E-state index in [4.69, 9.17) is 14.2 Å². The van der Waals surface area contributed by atoms with Crippen molar-refractivity contribution in [1.82, 2.24) is 4.98 Å². The summed E-state index contributed by atoms with van der Waals surface area (Å²) in [6, 6.07) is 6.01. The van der Waals surface area contributed by atoms with Crippen LogP contribution in [0.5, 0.6) is 11.5 Å². The van der Waals surface area contributed by atoms with Crippen LogP contribution < -0.4 is 9.47 Å². The first kappa shape index (κ1) is 16.6. The molecule has 2 heterocycles. The van der Waals surface area contributed by atoms with Crippen molar-refractivity contribution in [3.63, 3.8) is 0 Å². The fourth-order valence-electron chi connectivity index (χ4n) is 2.59. The first-order chi connectivity index (χ1) is 11.3. The first-order valence-corrected chi connectivity index (χ1v) is 9.65. The number of ether oxygens (including phenoxy) is 3. The molecule has 0 radical (unpaired) electrons. The lowest BCUT2D eigenvalue weighted by molar-refractivity contribution is 0.0508. The van der Waals surface area contributed by atoms with E-state index in [1.54, 1.807) is 18.4 Å². The summed E-state index contributed by atoms with van der Waals surface area (Å²) in [5, 5.41) is 2.02. The Morgan fingerprint density at radius 2 is 2.39 bits per heavy atom. The molecular formula is C17H21NO3S2. The molecular weight excluding hydrogens is 330 g/mol. The molecule has 0 fully saturated rings. The molecule has 0 saturated heterocycles. The first-order valence-electron chi connectivity index (χ1n) is 7.79. The van der Waals surface area contributed by atoms with Crippen molar-refractivity contribution >= 4 is 23.1 Å². The maximum atomic E-state index is 6.12. The Bertz CT molecular complexity index is 604. The van der Waals surface area contributed by atoms with E-state index in [9.17, 15) is 0 Å². The van der Waals surface area contributed by atoms with E-state index < -0.39 is 0 Å². The second kappa shape index (κ2) is 8.57. The third-order valence-electron chi connectivity index (χ3n) is 3.71. The molecule has 3 rings (SSSR count). The molecule has 1 aliphatic rings. The number of benzene rings is 1. The van der Waals surface area contributed by atoms with Gasteiger partial charge in [0.15, 0.2) is 6.79 Å². The fourth-order valence-corrected chi connectivity index (χ4v) is 4.26. The highest BCUT2D eigenvalue weighted by molar-refractivity contribution is 8.00. The highest BCUT2D eigenvalue weighted by atomic mass is 32.2. The smallest absolute Gasteiger partial charge is 0.188 e. The Morgan fingerprint density at radius 1 is 1.43 bits per heavy atom. The minimum atomic E-state index is 0.277. The molecule has 0 aliphatic carbocycles. The summed E-state index contributed by atoms with van der Waals surface area (Å²) in [4.78, 5) is 4.29. The zero-order chi connectivity index (χ0) is 15.9. The summed E-state index contributed by atoms with van der Waals surface area (Å²) < 4.78 is 17.7. The minimum absolute atomic E-state index is 0.277. The molecule has 1 atom stereocenters. The Labute approximate surface area is 145 Å². The molecule has 1 unspecified atom stereocenters. The maximum Gasteiger partial charge on any atom is 0.188 e. The normalized spacial score (nSPS) is 16.7. The number of fused-ring (bicyclic) bond motifs is 1. The van der Waals surface area contributed by atoms with Gasteiger partial charge in [-0.25, -0.2) is 4.98 Å². The predicted molar refractivity (Wildman–Crippen MR) is 93.8 cm³/mol. The van der Waals surface area contributed by atoms with Crippen LogP contribution in [-0.2, 0) is 11.2 Å². The summed E-state index contributed by atoms with van der Waals surface area (Å²) in [6.45, 7) is 0.277. The third kappa shape index (κ3) is 4.86. The van der Waals surface area contributed by atoms with Crippen molar-refractivity contribution in [2.45, 2.75) is 36.1 Å². The summed E-state index contributed by atoms with van der Waals surface area (Å²) in [5.74, 6) is 2.94. The number of methoxy groups -OCH3 is 1. The number of hydrogen-bond donors (Lipinski definition) is 0. The van der Waals surface area contributed by atoms with Gasteiger partial charge in [-0.1, -0.05) is 11.8 Å². The molecule has 0 bridgehead atoms. The molecule has 0 saturated carbocycles. The molecule has 2 aromatic rings. The van der Waals surface area contributed by atoms with E-state index in [-0.39, 0.29) is 6.79 Å². The molecule has 0 amide bonds. The Kier molecular flexibility index (Phi) is 6.19. The summed E-state index contributed by atoms with van der Waals surface area (Å²) in [7, 11) is 1.62. The van der Waals surface area contributed by atoms with Crippen molar-refractivity contribution in [3.8, 4) is 11.5 Å². The fraction of sp³-hybridized carbons (Fsp3) is 0.471. The van der Waals surface area contributed by atoms with Crippen molar-refractivity contribution in [2.24, 2.45) is 0 Å². The summed E-state index contributed by atoms with van der Waals surface area (Å²) in [5.41, 5.74) is 1.23. The molecule has 1 aliphatic heterocycles. The largest absolute Gasteiger partial charge is 0.490 e. The van der Waals surface area contributed by atoms with Gasteiger partial charge in [0.1, 0.15) is 15.8 Å². The van der Waals surface area contributed by atoms with Crippen molar-refractivity contribution < 1.29 is 14.2 Å². The molecule has 1 aromatic carbocycles. The third-order valence-corrected chi connectivity index (χ3v) is 5.76. The van der Waals surface area contributed by atoms with E-state index in [1.807, 2.05) is 35.5 Å². The van der Waals surface area contributed by atoms with Crippen LogP contribution in [0.3, 0.4) is 0 Å². The van der Waals surface area contributed by atoms with Crippen LogP contribution in [0.1, 0.15) is 24.8 Å². The van der Waals surface area contributed by atoms with E-state index >= 15 is 0 Å². The van der Waals surface area contributed by atoms with Crippen LogP contribution >= 0.6 is 23.1 Å². The van der Waals surface area contributed by atoms with Gasteiger partial charge in [-0.2, -0.15) is 0 Å². The molecule has 4 nitrogen and oxygen atoms in total. The van der Waals surface area contributed by atoms with Gasteiger partial charge in [0.05, 0.1) is 6.10 Å². The van der Waals surface area contributed by atoms with Crippen LogP contribution in [0, 0.1) is 0 Å². The zero-order valence-electron chi connectivity index (χ0n) is 13.2. The highest BCUT2D eigenvalue weighted by Crippen LogP contribution is 2.32. The van der Waals surface area contributed by atoms with Crippen molar-refractivity contribution in [1.29, 1.82) is 0 Å². The number of hydrogen-bond acceptors (Lipinski definition) is 6. The summed E-state index contributed by atoms with van der Waals surface area (Å²) in [6.07, 6.45) is 6.55. The summed E-state index contributed by atoms with van der Waals surface area (Å²) >= 11 is 3.54. The number of nitrogens with zero attached hydrogens (tertiary/aromatic N) is 1. The second-order valence-corrected chi connectivity index (χ2v) is 7.62. The Balaban J connectivity index is 1.44. The van der Waals surface area contributed by atoms with E-state index in [0.717, 1.165) is 47.3 Å². The van der Waals surface area contributed by atoms with Crippen molar-refractivity contribution in [3.05, 3.63) is 35.3 Å². The number of thioether (sulfide) groups is 1. The Morgan fingerprint density at radius 3 is 3.22 bits per heavy atom. The zero-order valence-corrected chi connectivity index (χ0v) is 14.8. The van der Waals surface area contributed by atoms with Gasteiger partial charge < -0.3 is 14.2 Å². The van der Waals surface area contributed by atoms with Gasteiger partial charge in [0.2, 0.25) is 0 Å². The van der Waals surface area contributed by atoms with Gasteiger partial charge >= 0.3 is 0 Å². The van der Waals surface area contributed by atoms with E-state index in [2.05, 4.69) is 11.1 Å². The predicted octanol–water partition coefficient (Wildman–Crippen LogP) is 4.39. The van der Waals surface area contributed by atoms with Gasteiger partial charge in [-0.05, 0) is 49.4 Å². The quantitative estimate of drug-likeness (QED) is 0.401. The van der Waals surface area contributed by atoms with Crippen LogP contribution in [0.4, 0.5) is 0 Å². The molecule has 0 spiro atoms. The molecule has 0 N–H and O–H groups in total. The molecule has 23 heavy (non-hydrogen) atoms. The molecule has 1 aromatic heterocycles. The van der Waals surface area contributed by atoms with Crippen LogP contribution in [0.2, 0.25) is 0 Å². The number of rotatable bonds is 8. The van der Waals surface area contributed by atoms with Crippen LogP contribution in [-0.4, -0.2) is 30.7 Å². The highest BCUT2D eigenvalue weighted by Gasteiger charge is 2.20. The topological polar surface area (TPSA) is 40.6 Å². The minimum Gasteiger partial charge on any atom is -0.490 e. The van der Waals surface area contributed by atoms with E-state index in [0.29, 0.717) is 6.10 Å². The number of aromatic nitrogens is 1.